The smallest absolute Gasteiger partial charge is 0.477 e. The van der Waals surface area contributed by atoms with Gasteiger partial charge in [-0.05, 0) is 107 Å². The van der Waals surface area contributed by atoms with E-state index < -0.39 is 36.7 Å². The molecule has 0 atom stereocenters. The summed E-state index contributed by atoms with van der Waals surface area (Å²) in [5.41, 5.74) is 1.66. The summed E-state index contributed by atoms with van der Waals surface area (Å²) < 4.78 is 79.0. The van der Waals surface area contributed by atoms with Crippen molar-refractivity contribution >= 4 is 44.4 Å². The second-order valence-corrected chi connectivity index (χ2v) is 18.3. The minimum atomic E-state index is -0.705. The second-order valence-electron chi connectivity index (χ2n) is 16.5. The monoisotopic (exact) mass is 1040 g/mol. The van der Waals surface area contributed by atoms with Gasteiger partial charge in [0.05, 0.1) is 58.4 Å². The van der Waals surface area contributed by atoms with Gasteiger partial charge in [-0.25, -0.2) is 39.0 Å². The molecule has 0 amide bonds. The molecule has 0 saturated carbocycles. The quantitative estimate of drug-likeness (QED) is 0.0793. The molecule has 0 unspecified atom stereocenters. The minimum absolute atomic E-state index is 0.116. The highest BCUT2D eigenvalue weighted by Gasteiger charge is 2.51. The first-order valence-electron chi connectivity index (χ1n) is 22.0. The van der Waals surface area contributed by atoms with Crippen molar-refractivity contribution in [3.05, 3.63) is 129 Å². The third-order valence-electron chi connectivity index (χ3n) is 8.97. The maximum atomic E-state index is 13.3. The van der Waals surface area contributed by atoms with Crippen LogP contribution in [0.2, 0.25) is 0 Å². The van der Waals surface area contributed by atoms with Gasteiger partial charge in [0.25, 0.3) is 5.56 Å². The average Bonchev–Trinajstić information content (AvgIpc) is 3.49. The molecule has 1 aliphatic rings. The van der Waals surface area contributed by atoms with E-state index in [0.29, 0.717) is 45.7 Å². The number of ether oxygens (including phenoxy) is 3. The van der Waals surface area contributed by atoms with E-state index in [1.54, 1.807) is 90.6 Å². The summed E-state index contributed by atoms with van der Waals surface area (Å²) >= 11 is 6.27. The van der Waals surface area contributed by atoms with Crippen molar-refractivity contribution in [2.24, 2.45) is 17.7 Å². The topological polar surface area (TPSA) is 171 Å². The predicted molar refractivity (Wildman–Crippen MR) is 255 cm³/mol. The third-order valence-corrected chi connectivity index (χ3v) is 9.79. The van der Waals surface area contributed by atoms with Crippen LogP contribution >= 0.6 is 31.9 Å². The number of halogens is 4. The van der Waals surface area contributed by atoms with Crippen molar-refractivity contribution in [2.75, 3.05) is 19.8 Å². The largest absolute Gasteiger partial charge is 0.496 e. The first kappa shape index (κ1) is 48.6. The Morgan fingerprint density at radius 2 is 1.21 bits per heavy atom. The predicted octanol–water partition coefficient (Wildman–Crippen LogP) is 8.99. The molecule has 0 radical (unpaired) electrons. The van der Waals surface area contributed by atoms with Crippen LogP contribution < -0.4 is 25.2 Å². The summed E-state index contributed by atoms with van der Waals surface area (Å²) in [4.78, 5) is 38.7. The number of pyridine rings is 3. The zero-order valence-electron chi connectivity index (χ0n) is 41.6. The molecule has 7 rings (SSSR count). The van der Waals surface area contributed by atoms with Crippen molar-refractivity contribution in [2.45, 2.75) is 87.0 Å². The van der Waals surface area contributed by atoms with Crippen LogP contribution in [0.3, 0.4) is 0 Å². The molecule has 15 nitrogen and oxygen atoms in total. The fourth-order valence-corrected chi connectivity index (χ4v) is 5.37. The Morgan fingerprint density at radius 3 is 1.70 bits per heavy atom. The standard InChI is InChI=1S/C19H19FN4O2.C15H24BNO3.C8H11BrN2O.C4H2BrFN2/c1-13(2)12-26-18-5-3-15(9-22-18)17-4-6-19(25)24(23-17)11-14-7-16(20)10-21-8-14;1-11(2)10-18-13-8-7-12(9-17-13)16-19-14(3,4)15(5,6)20-16;1-6(2)5-12-8-10-3-7(9)4-11-8;5-3-1-7-4(6)8-2-3/h3-10,13H,11-12H2,1-2H3;7-9,11H,10H2,1-6H3;3-4,6H,5H2,1-2H3;1-2H/i13D;11D;6D;. The van der Waals surface area contributed by atoms with Gasteiger partial charge in [0, 0.05) is 70.6 Å². The maximum absolute atomic E-state index is 13.3. The van der Waals surface area contributed by atoms with E-state index in [0.717, 1.165) is 16.1 Å². The summed E-state index contributed by atoms with van der Waals surface area (Å²) in [5, 5.41) is 4.33. The molecule has 1 aliphatic heterocycles. The zero-order chi connectivity index (χ0) is 51.2. The van der Waals surface area contributed by atoms with E-state index in [-0.39, 0.29) is 36.5 Å². The Labute approximate surface area is 406 Å². The van der Waals surface area contributed by atoms with Gasteiger partial charge in [0.2, 0.25) is 11.8 Å². The van der Waals surface area contributed by atoms with Gasteiger partial charge < -0.3 is 23.5 Å². The SMILES string of the molecule is Fc1ncc(Br)cn1.[2H]C(C)(C)COc1ccc(-c2ccc(=O)n(Cc3cncc(F)c3)n2)cn1.[2H]C(C)(C)COc1ccc(B2OC(C)(C)C(C)(C)O2)cn1.[2H]C(C)(C)COc1ncc(Br)cn1. The number of nitrogens with zero attached hydrogens (tertiary/aromatic N) is 9. The Bertz CT molecular complexity index is 2550. The Morgan fingerprint density at radius 1 is 0.682 bits per heavy atom. The third kappa shape index (κ3) is 18.2. The van der Waals surface area contributed by atoms with Crippen molar-refractivity contribution < 1.29 is 36.4 Å². The van der Waals surface area contributed by atoms with Gasteiger partial charge in [0.1, 0.15) is 5.82 Å². The molecule has 20 heteroatoms. The summed E-state index contributed by atoms with van der Waals surface area (Å²) in [7, 11) is -0.413. The van der Waals surface area contributed by atoms with Crippen molar-refractivity contribution in [3.63, 3.8) is 0 Å². The lowest BCUT2D eigenvalue weighted by molar-refractivity contribution is 0.00578. The number of hydrogen-bond donors (Lipinski definition) is 0. The van der Waals surface area contributed by atoms with Gasteiger partial charge >= 0.3 is 19.2 Å². The Kier molecular flexibility index (Phi) is 18.8. The summed E-state index contributed by atoms with van der Waals surface area (Å²) in [6.07, 6.45) is 11.1. The first-order valence-corrected chi connectivity index (χ1v) is 22.1. The van der Waals surface area contributed by atoms with Gasteiger partial charge in [-0.1, -0.05) is 47.6 Å². The second kappa shape index (κ2) is 25.6. The van der Waals surface area contributed by atoms with Crippen LogP contribution in [0.5, 0.6) is 17.8 Å². The zero-order valence-corrected chi connectivity index (χ0v) is 41.7. The van der Waals surface area contributed by atoms with Gasteiger partial charge in [-0.2, -0.15) is 9.49 Å². The molecule has 0 spiro atoms. The normalized spacial score (nSPS) is 14.6. The molecular formula is C46H56BBr2F2N9O6. The van der Waals surface area contributed by atoms with Crippen LogP contribution in [0.1, 0.15) is 78.9 Å². The van der Waals surface area contributed by atoms with E-state index in [2.05, 4.69) is 71.8 Å². The summed E-state index contributed by atoms with van der Waals surface area (Å²) in [6, 6.07) is 11.8. The summed E-state index contributed by atoms with van der Waals surface area (Å²) in [5.74, 6) is -1.49. The molecule has 7 heterocycles. The lowest BCUT2D eigenvalue weighted by atomic mass is 9.80. The molecule has 6 aromatic heterocycles. The highest BCUT2D eigenvalue weighted by molar-refractivity contribution is 9.10. The number of rotatable bonds is 13. The Balaban J connectivity index is 0.000000218. The average molecular weight is 1040 g/mol. The van der Waals surface area contributed by atoms with Gasteiger partial charge in [-0.3, -0.25) is 9.78 Å². The van der Waals surface area contributed by atoms with Crippen LogP contribution in [-0.4, -0.2) is 82.8 Å². The van der Waals surface area contributed by atoms with E-state index >= 15 is 0 Å². The van der Waals surface area contributed by atoms with Crippen LogP contribution in [0, 0.1) is 29.6 Å². The molecule has 0 aliphatic carbocycles. The molecule has 0 bridgehead atoms. The number of hydrogen-bond acceptors (Lipinski definition) is 14. The fourth-order valence-electron chi connectivity index (χ4n) is 4.96. The molecule has 1 fully saturated rings. The number of aromatic nitrogens is 9. The Hall–Kier alpha value is -5.31. The highest BCUT2D eigenvalue weighted by Crippen LogP contribution is 2.36. The lowest BCUT2D eigenvalue weighted by Gasteiger charge is -2.32. The van der Waals surface area contributed by atoms with Gasteiger partial charge in [0.15, 0.2) is 0 Å². The van der Waals surface area contributed by atoms with E-state index in [1.807, 2.05) is 33.8 Å². The molecular weight excluding hydrogens is 983 g/mol. The molecule has 352 valence electrons. The van der Waals surface area contributed by atoms with Crippen molar-refractivity contribution in [1.82, 2.24) is 44.7 Å². The van der Waals surface area contributed by atoms with Gasteiger partial charge in [-0.15, -0.1) is 0 Å². The van der Waals surface area contributed by atoms with Crippen molar-refractivity contribution in [3.8, 4) is 29.0 Å². The van der Waals surface area contributed by atoms with Crippen LogP contribution in [0.15, 0.2) is 106 Å². The van der Waals surface area contributed by atoms with Crippen LogP contribution in [0.25, 0.3) is 11.3 Å². The molecule has 0 N–H and O–H groups in total. The van der Waals surface area contributed by atoms with E-state index in [1.165, 1.54) is 35.4 Å². The highest BCUT2D eigenvalue weighted by atomic mass is 79.9. The maximum Gasteiger partial charge on any atom is 0.496 e. The fraction of sp³-hybridized carbons (Fsp3) is 0.413. The molecule has 6 aromatic rings. The van der Waals surface area contributed by atoms with Crippen molar-refractivity contribution in [1.29, 1.82) is 0 Å². The summed E-state index contributed by atoms with van der Waals surface area (Å²) in [6.45, 7) is 19.7. The molecule has 1 saturated heterocycles. The lowest BCUT2D eigenvalue weighted by Crippen LogP contribution is -2.41. The van der Waals surface area contributed by atoms with Crippen LogP contribution in [0.4, 0.5) is 8.78 Å². The van der Waals surface area contributed by atoms with E-state index in [9.17, 15) is 13.6 Å². The minimum Gasteiger partial charge on any atom is -0.477 e. The van der Waals surface area contributed by atoms with E-state index in [4.69, 9.17) is 27.6 Å². The molecule has 0 aromatic carbocycles. The first-order chi connectivity index (χ1) is 32.1. The van der Waals surface area contributed by atoms with Crippen LogP contribution in [-0.2, 0) is 15.9 Å². The molecule has 66 heavy (non-hydrogen) atoms.